The molecule has 0 aliphatic heterocycles. The molecule has 0 saturated heterocycles. The second kappa shape index (κ2) is 4.36. The van der Waals surface area contributed by atoms with Gasteiger partial charge in [-0.2, -0.15) is 8.78 Å². The number of benzene rings is 1. The quantitative estimate of drug-likeness (QED) is 0.568. The summed E-state index contributed by atoms with van der Waals surface area (Å²) in [5.74, 6) is 0. The van der Waals surface area contributed by atoms with Gasteiger partial charge in [-0.1, -0.05) is 29.3 Å². The van der Waals surface area contributed by atoms with Crippen molar-refractivity contribution < 1.29 is 8.78 Å². The maximum Gasteiger partial charge on any atom is 0.353 e. The third-order valence-electron chi connectivity index (χ3n) is 1.50. The Morgan fingerprint density at radius 1 is 1.36 bits per heavy atom. The molecule has 76 valence electrons. The highest BCUT2D eigenvalue weighted by Gasteiger charge is 2.30. The molecule has 0 saturated carbocycles. The van der Waals surface area contributed by atoms with Crippen molar-refractivity contribution in [2.24, 2.45) is 4.99 Å². The van der Waals surface area contributed by atoms with Crippen molar-refractivity contribution in [2.45, 2.75) is 11.8 Å². The van der Waals surface area contributed by atoms with E-state index in [0.717, 1.165) is 5.56 Å². The first-order valence-electron chi connectivity index (χ1n) is 3.77. The normalized spacial score (nSPS) is 13.1. The first kappa shape index (κ1) is 11.6. The van der Waals surface area contributed by atoms with Gasteiger partial charge in [-0.25, -0.2) is 4.99 Å². The van der Waals surface area contributed by atoms with Gasteiger partial charge < -0.3 is 0 Å². The van der Waals surface area contributed by atoms with Crippen molar-refractivity contribution in [1.82, 2.24) is 0 Å². The van der Waals surface area contributed by atoms with Crippen molar-refractivity contribution in [3.8, 4) is 0 Å². The molecule has 0 aliphatic carbocycles. The van der Waals surface area contributed by atoms with Crippen LogP contribution in [0.3, 0.4) is 0 Å². The topological polar surface area (TPSA) is 12.4 Å². The Morgan fingerprint density at radius 2 is 1.86 bits per heavy atom. The number of aliphatic imine (C=N–C) groups is 1. The van der Waals surface area contributed by atoms with E-state index in [1.807, 2.05) is 6.92 Å². The van der Waals surface area contributed by atoms with Crippen LogP contribution in [-0.2, 0) is 0 Å². The van der Waals surface area contributed by atoms with Crippen LogP contribution in [0.4, 0.5) is 14.5 Å². The minimum atomic E-state index is -3.26. The molecule has 0 radical (unpaired) electrons. The van der Waals surface area contributed by atoms with Crippen molar-refractivity contribution in [3.05, 3.63) is 29.8 Å². The number of halogens is 4. The molecule has 0 heterocycles. The Labute approximate surface area is 93.9 Å². The van der Waals surface area contributed by atoms with Gasteiger partial charge in [0, 0.05) is 0 Å². The predicted molar refractivity (Wildman–Crippen MR) is 58.0 cm³/mol. The van der Waals surface area contributed by atoms with Crippen molar-refractivity contribution in [1.29, 1.82) is 0 Å². The highest BCUT2D eigenvalue weighted by atomic mass is 79.9. The van der Waals surface area contributed by atoms with E-state index in [9.17, 15) is 8.78 Å². The van der Waals surface area contributed by atoms with Crippen LogP contribution in [0.25, 0.3) is 0 Å². The Hall–Kier alpha value is -0.480. The van der Waals surface area contributed by atoms with Crippen LogP contribution in [0.5, 0.6) is 0 Å². The summed E-state index contributed by atoms with van der Waals surface area (Å²) in [6.07, 6.45) is 0. The molecule has 0 aromatic heterocycles. The van der Waals surface area contributed by atoms with Gasteiger partial charge in [0.1, 0.15) is 0 Å². The molecule has 1 nitrogen and oxygen atoms in total. The lowest BCUT2D eigenvalue weighted by Gasteiger charge is -2.04. The Morgan fingerprint density at radius 3 is 2.29 bits per heavy atom. The number of hydrogen-bond acceptors (Lipinski definition) is 1. The molecular formula is C9H7BrClF2N. The lowest BCUT2D eigenvalue weighted by Crippen LogP contribution is -2.14. The van der Waals surface area contributed by atoms with Crippen LogP contribution in [0.15, 0.2) is 29.3 Å². The number of rotatable bonds is 2. The SMILES string of the molecule is Cc1ccc(N=C(Cl)C(F)(F)Br)cc1. The zero-order chi connectivity index (χ0) is 10.8. The van der Waals surface area contributed by atoms with E-state index >= 15 is 0 Å². The van der Waals surface area contributed by atoms with E-state index in [4.69, 9.17) is 11.6 Å². The zero-order valence-electron chi connectivity index (χ0n) is 7.27. The van der Waals surface area contributed by atoms with Gasteiger partial charge in [-0.05, 0) is 35.0 Å². The fourth-order valence-electron chi connectivity index (χ4n) is 0.796. The summed E-state index contributed by atoms with van der Waals surface area (Å²) in [4.78, 5) is 0.292. The maximum atomic E-state index is 12.5. The third-order valence-corrected chi connectivity index (χ3v) is 2.42. The van der Waals surface area contributed by atoms with E-state index < -0.39 is 10.0 Å². The fraction of sp³-hybridized carbons (Fsp3) is 0.222. The molecular weight excluding hydrogens is 275 g/mol. The smallest absolute Gasteiger partial charge is 0.234 e. The van der Waals surface area contributed by atoms with Crippen LogP contribution in [-0.4, -0.2) is 10.0 Å². The highest BCUT2D eigenvalue weighted by molar-refractivity contribution is 9.10. The van der Waals surface area contributed by atoms with Gasteiger partial charge in [-0.3, -0.25) is 0 Å². The summed E-state index contributed by atoms with van der Waals surface area (Å²) < 4.78 is 25.1. The zero-order valence-corrected chi connectivity index (χ0v) is 9.61. The van der Waals surface area contributed by atoms with E-state index in [0.29, 0.717) is 5.69 Å². The van der Waals surface area contributed by atoms with Crippen molar-refractivity contribution >= 4 is 38.4 Å². The molecule has 0 N–H and O–H groups in total. The third kappa shape index (κ3) is 3.35. The fourth-order valence-corrected chi connectivity index (χ4v) is 0.982. The van der Waals surface area contributed by atoms with Gasteiger partial charge in [0.2, 0.25) is 0 Å². The highest BCUT2D eigenvalue weighted by Crippen LogP contribution is 2.28. The van der Waals surface area contributed by atoms with Gasteiger partial charge in [0.15, 0.2) is 5.17 Å². The Bertz CT molecular complexity index is 343. The predicted octanol–water partition coefficient (Wildman–Crippen LogP) is 4.25. The summed E-state index contributed by atoms with van der Waals surface area (Å²) in [6, 6.07) is 6.79. The average Bonchev–Trinajstić information content (AvgIpc) is 2.07. The van der Waals surface area contributed by atoms with Crippen LogP contribution in [0, 0.1) is 6.92 Å². The van der Waals surface area contributed by atoms with Crippen LogP contribution >= 0.6 is 27.5 Å². The summed E-state index contributed by atoms with van der Waals surface area (Å²) in [5, 5.41) is -0.777. The molecule has 0 spiro atoms. The summed E-state index contributed by atoms with van der Waals surface area (Å²) in [7, 11) is 0. The number of nitrogens with zero attached hydrogens (tertiary/aromatic N) is 1. The van der Waals surface area contributed by atoms with E-state index in [1.54, 1.807) is 24.3 Å². The molecule has 5 heteroatoms. The van der Waals surface area contributed by atoms with E-state index in [-0.39, 0.29) is 0 Å². The molecule has 1 aromatic rings. The van der Waals surface area contributed by atoms with Gasteiger partial charge in [0.25, 0.3) is 0 Å². The second-order valence-corrected chi connectivity index (χ2v) is 4.09. The molecule has 0 atom stereocenters. The van der Waals surface area contributed by atoms with Gasteiger partial charge in [-0.15, -0.1) is 0 Å². The lowest BCUT2D eigenvalue weighted by molar-refractivity contribution is 0.197. The second-order valence-electron chi connectivity index (χ2n) is 2.74. The van der Waals surface area contributed by atoms with Gasteiger partial charge >= 0.3 is 4.83 Å². The Kier molecular flexibility index (Phi) is 3.61. The molecule has 0 unspecified atom stereocenters. The molecule has 1 rings (SSSR count). The minimum Gasteiger partial charge on any atom is -0.234 e. The first-order chi connectivity index (χ1) is 6.39. The minimum absolute atomic E-state index is 0.403. The molecule has 0 aliphatic rings. The Balaban J connectivity index is 2.93. The van der Waals surface area contributed by atoms with Crippen LogP contribution in [0.2, 0.25) is 0 Å². The number of alkyl halides is 3. The molecule has 14 heavy (non-hydrogen) atoms. The van der Waals surface area contributed by atoms with Crippen molar-refractivity contribution in [3.63, 3.8) is 0 Å². The standard InChI is InChI=1S/C9H7BrClF2N/c1-6-2-4-7(5-3-6)14-8(11)9(10,12)13/h2-5H,1H3. The van der Waals surface area contributed by atoms with Crippen LogP contribution in [0.1, 0.15) is 5.56 Å². The van der Waals surface area contributed by atoms with E-state index in [2.05, 4.69) is 20.9 Å². The largest absolute Gasteiger partial charge is 0.353 e. The first-order valence-corrected chi connectivity index (χ1v) is 4.95. The van der Waals surface area contributed by atoms with Crippen LogP contribution < -0.4 is 0 Å². The summed E-state index contributed by atoms with van der Waals surface area (Å²) in [6.45, 7) is 1.90. The molecule has 0 bridgehead atoms. The molecule has 1 aromatic carbocycles. The maximum absolute atomic E-state index is 12.5. The summed E-state index contributed by atoms with van der Waals surface area (Å²) in [5.41, 5.74) is 1.44. The van der Waals surface area contributed by atoms with Crippen molar-refractivity contribution in [2.75, 3.05) is 0 Å². The monoisotopic (exact) mass is 281 g/mol. The molecule has 0 amide bonds. The average molecular weight is 283 g/mol. The summed E-state index contributed by atoms with van der Waals surface area (Å²) >= 11 is 7.40. The number of hydrogen-bond donors (Lipinski definition) is 0. The number of aryl methyl sites for hydroxylation is 1. The lowest BCUT2D eigenvalue weighted by atomic mass is 10.2. The van der Waals surface area contributed by atoms with E-state index in [1.165, 1.54) is 0 Å². The van der Waals surface area contributed by atoms with Gasteiger partial charge in [0.05, 0.1) is 5.69 Å². The molecule has 0 fully saturated rings.